The number of halogens is 1. The number of carbonyl (C=O) groups is 2. The molecule has 2 unspecified atom stereocenters. The number of nitrogens with one attached hydrogen (secondary N) is 2. The molecule has 1 aromatic carbocycles. The molecule has 0 bridgehead atoms. The normalized spacial score (nSPS) is 24.1. The molecule has 0 saturated carbocycles. The molecule has 0 aromatic heterocycles. The maximum Gasteiger partial charge on any atom is 0.245 e. The predicted molar refractivity (Wildman–Crippen MR) is 141 cm³/mol. The molecule has 3 aliphatic heterocycles. The van der Waals surface area contributed by atoms with Crippen molar-refractivity contribution in [3.05, 3.63) is 35.6 Å². The number of aliphatic hydroxyl groups excluding tert-OH is 1. The quantitative estimate of drug-likeness (QED) is 0.533. The second-order valence-corrected chi connectivity index (χ2v) is 11.4. The van der Waals surface area contributed by atoms with Gasteiger partial charge < -0.3 is 25.4 Å². The summed E-state index contributed by atoms with van der Waals surface area (Å²) in [5.74, 6) is -0.320. The van der Waals surface area contributed by atoms with Crippen LogP contribution in [0.4, 0.5) is 4.39 Å². The standard InChI is InChI=1S/C21H38N4O3.C7H7FO/c1-14(22-5)19(26)23-18(21(2,3)4)20(27)25-11-7-16-17(25)6-10-24(16)15-8-12-28-13-9-15;8-7-3-1-6(5-9)2-4-7/h14-18,22H,6-13H2,1-5H3,(H,23,26);1-4,9H,5H2/t14-,16+,17?,18?;/m0./s1. The third-order valence-corrected chi connectivity index (χ3v) is 7.88. The van der Waals surface area contributed by atoms with Crippen LogP contribution in [0.15, 0.2) is 24.3 Å². The van der Waals surface area contributed by atoms with Crippen LogP contribution in [-0.2, 0) is 20.9 Å². The monoisotopic (exact) mass is 520 g/mol. The van der Waals surface area contributed by atoms with Crippen LogP contribution in [0.5, 0.6) is 0 Å². The van der Waals surface area contributed by atoms with Crippen molar-refractivity contribution in [2.45, 2.75) is 90.2 Å². The maximum atomic E-state index is 13.5. The van der Waals surface area contributed by atoms with Crippen molar-refractivity contribution in [3.63, 3.8) is 0 Å². The fraction of sp³-hybridized carbons (Fsp3) is 0.714. The molecule has 9 heteroatoms. The molecular weight excluding hydrogens is 475 g/mol. The van der Waals surface area contributed by atoms with Crippen LogP contribution < -0.4 is 10.6 Å². The number of carbonyl (C=O) groups excluding carboxylic acids is 2. The summed E-state index contributed by atoms with van der Waals surface area (Å²) in [5.41, 5.74) is 0.397. The molecule has 1 aromatic rings. The molecule has 0 aliphatic carbocycles. The van der Waals surface area contributed by atoms with Gasteiger partial charge in [-0.3, -0.25) is 14.5 Å². The van der Waals surface area contributed by atoms with Crippen molar-refractivity contribution >= 4 is 11.8 Å². The number of rotatable bonds is 6. The molecule has 0 radical (unpaired) electrons. The van der Waals surface area contributed by atoms with Gasteiger partial charge >= 0.3 is 0 Å². The van der Waals surface area contributed by atoms with Gasteiger partial charge in [-0.2, -0.15) is 0 Å². The van der Waals surface area contributed by atoms with Crippen LogP contribution in [0.1, 0.15) is 58.9 Å². The Hall–Kier alpha value is -2.07. The van der Waals surface area contributed by atoms with E-state index >= 15 is 0 Å². The topological polar surface area (TPSA) is 94.1 Å². The van der Waals surface area contributed by atoms with E-state index in [1.54, 1.807) is 19.2 Å². The third kappa shape index (κ3) is 7.50. The van der Waals surface area contributed by atoms with E-state index in [1.807, 2.05) is 27.7 Å². The number of nitrogens with zero attached hydrogens (tertiary/aromatic N) is 2. The van der Waals surface area contributed by atoms with E-state index < -0.39 is 6.04 Å². The second kappa shape index (κ2) is 13.1. The van der Waals surface area contributed by atoms with E-state index in [4.69, 9.17) is 9.84 Å². The molecule has 208 valence electrons. The lowest BCUT2D eigenvalue weighted by Crippen LogP contribution is -2.58. The summed E-state index contributed by atoms with van der Waals surface area (Å²) in [6.45, 7) is 11.4. The lowest BCUT2D eigenvalue weighted by Gasteiger charge is -2.37. The van der Waals surface area contributed by atoms with Gasteiger partial charge in [0.05, 0.1) is 12.6 Å². The summed E-state index contributed by atoms with van der Waals surface area (Å²) in [7, 11) is 1.76. The Kier molecular flexibility index (Phi) is 10.5. The fourth-order valence-electron chi connectivity index (χ4n) is 5.57. The van der Waals surface area contributed by atoms with Gasteiger partial charge in [-0.25, -0.2) is 4.39 Å². The summed E-state index contributed by atoms with van der Waals surface area (Å²) in [6.07, 6.45) is 4.26. The van der Waals surface area contributed by atoms with Crippen molar-refractivity contribution in [2.75, 3.05) is 33.4 Å². The number of hydrogen-bond donors (Lipinski definition) is 3. The Morgan fingerprint density at radius 1 is 1.08 bits per heavy atom. The SMILES string of the molecule is CN[C@@H](C)C(=O)NC(C(=O)N1CC[C@@H]2C1CCN2C1CCOCC1)C(C)(C)C.OCc1ccc(F)cc1. The number of hydrogen-bond acceptors (Lipinski definition) is 6. The molecule has 4 rings (SSSR count). The Labute approximate surface area is 220 Å². The Balaban J connectivity index is 0.000000356. The molecule has 3 heterocycles. The molecule has 37 heavy (non-hydrogen) atoms. The van der Waals surface area contributed by atoms with E-state index in [9.17, 15) is 14.0 Å². The number of amides is 2. The Bertz CT molecular complexity index is 885. The van der Waals surface area contributed by atoms with Gasteiger partial charge in [0, 0.05) is 44.4 Å². The van der Waals surface area contributed by atoms with Crippen molar-refractivity contribution in [1.82, 2.24) is 20.4 Å². The summed E-state index contributed by atoms with van der Waals surface area (Å²) in [6, 6.07) is 6.25. The van der Waals surface area contributed by atoms with Gasteiger partial charge in [0.2, 0.25) is 11.8 Å². The van der Waals surface area contributed by atoms with Crippen LogP contribution >= 0.6 is 0 Å². The lowest BCUT2D eigenvalue weighted by molar-refractivity contribution is -0.140. The summed E-state index contributed by atoms with van der Waals surface area (Å²) in [4.78, 5) is 30.7. The highest BCUT2D eigenvalue weighted by atomic mass is 19.1. The third-order valence-electron chi connectivity index (χ3n) is 7.88. The highest BCUT2D eigenvalue weighted by molar-refractivity contribution is 5.90. The minimum absolute atomic E-state index is 0.0275. The molecule has 2 amide bonds. The number of fused-ring (bicyclic) bond motifs is 1. The molecule has 3 fully saturated rings. The minimum atomic E-state index is -0.508. The number of likely N-dealkylation sites (N-methyl/N-ethyl adjacent to an activating group) is 1. The summed E-state index contributed by atoms with van der Waals surface area (Å²) >= 11 is 0. The molecule has 3 N–H and O–H groups in total. The lowest BCUT2D eigenvalue weighted by atomic mass is 9.85. The van der Waals surface area contributed by atoms with E-state index in [0.717, 1.165) is 57.6 Å². The van der Waals surface area contributed by atoms with Gasteiger partial charge in [0.25, 0.3) is 0 Å². The zero-order valence-corrected chi connectivity index (χ0v) is 23.0. The molecule has 4 atom stereocenters. The second-order valence-electron chi connectivity index (χ2n) is 11.4. The Morgan fingerprint density at radius 3 is 2.27 bits per heavy atom. The van der Waals surface area contributed by atoms with Gasteiger partial charge in [-0.1, -0.05) is 32.9 Å². The molecule has 3 aliphatic rings. The van der Waals surface area contributed by atoms with Crippen LogP contribution in [0.25, 0.3) is 0 Å². The minimum Gasteiger partial charge on any atom is -0.392 e. The van der Waals surface area contributed by atoms with Gasteiger partial charge in [-0.15, -0.1) is 0 Å². The van der Waals surface area contributed by atoms with Crippen molar-refractivity contribution in [2.24, 2.45) is 5.41 Å². The van der Waals surface area contributed by atoms with Crippen molar-refractivity contribution < 1.29 is 23.8 Å². The number of ether oxygens (including phenoxy) is 1. The van der Waals surface area contributed by atoms with E-state index in [1.165, 1.54) is 12.1 Å². The first-order valence-electron chi connectivity index (χ1n) is 13.5. The zero-order chi connectivity index (χ0) is 27.2. The smallest absolute Gasteiger partial charge is 0.245 e. The fourth-order valence-corrected chi connectivity index (χ4v) is 5.57. The van der Waals surface area contributed by atoms with Gasteiger partial charge in [-0.05, 0) is 62.8 Å². The van der Waals surface area contributed by atoms with Crippen LogP contribution in [0.2, 0.25) is 0 Å². The van der Waals surface area contributed by atoms with E-state index in [0.29, 0.717) is 12.1 Å². The maximum absolute atomic E-state index is 13.5. The largest absolute Gasteiger partial charge is 0.392 e. The first kappa shape index (κ1) is 29.5. The number of benzene rings is 1. The molecular formula is C28H45FN4O4. The van der Waals surface area contributed by atoms with Crippen molar-refractivity contribution in [3.8, 4) is 0 Å². The Morgan fingerprint density at radius 2 is 1.70 bits per heavy atom. The average Bonchev–Trinajstić information content (AvgIpc) is 3.49. The first-order valence-corrected chi connectivity index (χ1v) is 13.5. The van der Waals surface area contributed by atoms with Crippen LogP contribution in [0, 0.1) is 11.2 Å². The number of likely N-dealkylation sites (tertiary alicyclic amines) is 2. The van der Waals surface area contributed by atoms with Gasteiger partial charge in [0.15, 0.2) is 0 Å². The average molecular weight is 521 g/mol. The molecule has 0 spiro atoms. The van der Waals surface area contributed by atoms with Gasteiger partial charge in [0.1, 0.15) is 11.9 Å². The highest BCUT2D eigenvalue weighted by Gasteiger charge is 2.49. The molecule has 8 nitrogen and oxygen atoms in total. The van der Waals surface area contributed by atoms with Crippen molar-refractivity contribution in [1.29, 1.82) is 0 Å². The highest BCUT2D eigenvalue weighted by Crippen LogP contribution is 2.36. The van der Waals surface area contributed by atoms with E-state index in [2.05, 4.69) is 20.4 Å². The molecule has 3 saturated heterocycles. The first-order chi connectivity index (χ1) is 17.6. The predicted octanol–water partition coefficient (Wildman–Crippen LogP) is 2.30. The van der Waals surface area contributed by atoms with E-state index in [-0.39, 0.29) is 41.7 Å². The zero-order valence-electron chi connectivity index (χ0n) is 23.0. The number of aliphatic hydroxyl groups is 1. The van der Waals surface area contributed by atoms with Crippen LogP contribution in [0.3, 0.4) is 0 Å². The summed E-state index contributed by atoms with van der Waals surface area (Å²) in [5, 5.41) is 14.5. The van der Waals surface area contributed by atoms with Crippen LogP contribution in [-0.4, -0.2) is 90.3 Å². The summed E-state index contributed by atoms with van der Waals surface area (Å²) < 4.78 is 17.7.